The Kier molecular flexibility index (Phi) is 7.77. The Morgan fingerprint density at radius 1 is 1.45 bits per heavy atom. The van der Waals surface area contributed by atoms with Crippen LogP contribution in [0.1, 0.15) is 19.8 Å². The van der Waals surface area contributed by atoms with Gasteiger partial charge in [-0.05, 0) is 37.9 Å². The lowest BCUT2D eigenvalue weighted by Crippen LogP contribution is -2.35. The van der Waals surface area contributed by atoms with Gasteiger partial charge in [0, 0.05) is 12.6 Å². The van der Waals surface area contributed by atoms with Crippen LogP contribution in [0.15, 0.2) is 18.2 Å². The van der Waals surface area contributed by atoms with Gasteiger partial charge in [-0.15, -0.1) is 12.4 Å². The molecule has 0 aliphatic carbocycles. The molecule has 1 heterocycles. The minimum atomic E-state index is 0. The zero-order valence-corrected chi connectivity index (χ0v) is 14.8. The molecule has 0 saturated carbocycles. The van der Waals surface area contributed by atoms with Gasteiger partial charge in [0.1, 0.15) is 10.8 Å². The monoisotopic (exact) mass is 366 g/mol. The third-order valence-corrected chi connectivity index (χ3v) is 4.61. The van der Waals surface area contributed by atoms with Gasteiger partial charge in [0.05, 0.1) is 18.1 Å². The number of likely N-dealkylation sites (tertiary alicyclic amines) is 1. The van der Waals surface area contributed by atoms with Crippen molar-refractivity contribution < 1.29 is 9.53 Å². The van der Waals surface area contributed by atoms with E-state index in [-0.39, 0.29) is 31.0 Å². The number of nitrogens with two attached hydrogens (primary N) is 1. The molecule has 1 aliphatic heterocycles. The molecular weight excluding hydrogens is 347 g/mol. The molecule has 4 nitrogen and oxygen atoms in total. The SMILES string of the molecule is CC1CC(CN)CN1C(=O)CCOc1cccc(Cl)c1Cl.Cl. The second kappa shape index (κ2) is 8.82. The molecule has 1 aromatic rings. The number of benzene rings is 1. The van der Waals surface area contributed by atoms with Crippen LogP contribution in [0.5, 0.6) is 5.75 Å². The Hall–Kier alpha value is -0.680. The van der Waals surface area contributed by atoms with Gasteiger partial charge in [-0.2, -0.15) is 0 Å². The number of rotatable bonds is 5. The number of amides is 1. The van der Waals surface area contributed by atoms with E-state index in [0.717, 1.165) is 13.0 Å². The van der Waals surface area contributed by atoms with Crippen LogP contribution in [0.2, 0.25) is 10.0 Å². The van der Waals surface area contributed by atoms with E-state index >= 15 is 0 Å². The number of halogens is 3. The summed E-state index contributed by atoms with van der Waals surface area (Å²) in [4.78, 5) is 14.1. The molecule has 0 radical (unpaired) electrons. The van der Waals surface area contributed by atoms with E-state index in [0.29, 0.717) is 34.7 Å². The summed E-state index contributed by atoms with van der Waals surface area (Å²) in [6.07, 6.45) is 1.30. The molecule has 2 rings (SSSR count). The highest BCUT2D eigenvalue weighted by Crippen LogP contribution is 2.31. The van der Waals surface area contributed by atoms with E-state index in [2.05, 4.69) is 6.92 Å². The molecule has 1 saturated heterocycles. The van der Waals surface area contributed by atoms with Crippen molar-refractivity contribution in [3.63, 3.8) is 0 Å². The smallest absolute Gasteiger partial charge is 0.226 e. The van der Waals surface area contributed by atoms with E-state index in [9.17, 15) is 4.79 Å². The molecule has 0 bridgehead atoms. The topological polar surface area (TPSA) is 55.6 Å². The largest absolute Gasteiger partial charge is 0.491 e. The summed E-state index contributed by atoms with van der Waals surface area (Å²) < 4.78 is 5.55. The molecule has 124 valence electrons. The average Bonchev–Trinajstić information content (AvgIpc) is 2.84. The maximum atomic E-state index is 12.2. The number of ether oxygens (including phenoxy) is 1. The van der Waals surface area contributed by atoms with Gasteiger partial charge in [-0.25, -0.2) is 0 Å². The Balaban J connectivity index is 0.00000242. The van der Waals surface area contributed by atoms with Crippen molar-refractivity contribution in [2.45, 2.75) is 25.8 Å². The minimum Gasteiger partial charge on any atom is -0.491 e. The summed E-state index contributed by atoms with van der Waals surface area (Å²) >= 11 is 11.9. The molecule has 2 N–H and O–H groups in total. The van der Waals surface area contributed by atoms with Gasteiger partial charge >= 0.3 is 0 Å². The van der Waals surface area contributed by atoms with Crippen LogP contribution in [-0.4, -0.2) is 36.5 Å². The Labute approximate surface area is 147 Å². The van der Waals surface area contributed by atoms with Crippen LogP contribution < -0.4 is 10.5 Å². The van der Waals surface area contributed by atoms with Crippen molar-refractivity contribution in [1.29, 1.82) is 0 Å². The van der Waals surface area contributed by atoms with E-state index in [1.54, 1.807) is 18.2 Å². The van der Waals surface area contributed by atoms with Crippen molar-refractivity contribution in [1.82, 2.24) is 4.90 Å². The van der Waals surface area contributed by atoms with Crippen LogP contribution in [-0.2, 0) is 4.79 Å². The third-order valence-electron chi connectivity index (χ3n) is 3.80. The second-order valence-electron chi connectivity index (χ2n) is 5.38. The van der Waals surface area contributed by atoms with Crippen LogP contribution in [0.25, 0.3) is 0 Å². The first kappa shape index (κ1) is 19.4. The van der Waals surface area contributed by atoms with Crippen molar-refractivity contribution in [2.75, 3.05) is 19.7 Å². The average molecular weight is 368 g/mol. The summed E-state index contributed by atoms with van der Waals surface area (Å²) in [6.45, 7) is 3.72. The van der Waals surface area contributed by atoms with Gasteiger partial charge in [0.25, 0.3) is 0 Å². The number of carbonyl (C=O) groups excluding carboxylic acids is 1. The standard InChI is InChI=1S/C15H20Cl2N2O2.ClH/c1-10-7-11(8-18)9-19(10)14(20)5-6-21-13-4-2-3-12(16)15(13)17;/h2-4,10-11H,5-9,18H2,1H3;1H. The molecule has 22 heavy (non-hydrogen) atoms. The number of carbonyl (C=O) groups is 1. The number of nitrogens with zero attached hydrogens (tertiary/aromatic N) is 1. The molecule has 1 aliphatic rings. The molecule has 1 amide bonds. The van der Waals surface area contributed by atoms with Crippen LogP contribution >= 0.6 is 35.6 Å². The predicted octanol–water partition coefficient (Wildman–Crippen LogP) is 3.38. The molecule has 2 atom stereocenters. The highest BCUT2D eigenvalue weighted by Gasteiger charge is 2.31. The van der Waals surface area contributed by atoms with E-state index in [1.807, 2.05) is 4.90 Å². The zero-order chi connectivity index (χ0) is 15.4. The lowest BCUT2D eigenvalue weighted by Gasteiger charge is -2.21. The first-order valence-corrected chi connectivity index (χ1v) is 7.85. The summed E-state index contributed by atoms with van der Waals surface area (Å²) in [5, 5.41) is 0.823. The zero-order valence-electron chi connectivity index (χ0n) is 12.4. The van der Waals surface area contributed by atoms with Crippen LogP contribution in [0.4, 0.5) is 0 Å². The molecule has 1 fully saturated rings. The highest BCUT2D eigenvalue weighted by atomic mass is 35.5. The van der Waals surface area contributed by atoms with E-state index < -0.39 is 0 Å². The maximum absolute atomic E-state index is 12.2. The third kappa shape index (κ3) is 4.66. The van der Waals surface area contributed by atoms with Crippen LogP contribution in [0.3, 0.4) is 0 Å². The highest BCUT2D eigenvalue weighted by molar-refractivity contribution is 6.42. The molecule has 7 heteroatoms. The fourth-order valence-corrected chi connectivity index (χ4v) is 2.99. The van der Waals surface area contributed by atoms with Gasteiger partial charge < -0.3 is 15.4 Å². The minimum absolute atomic E-state index is 0. The molecule has 0 aromatic heterocycles. The Morgan fingerprint density at radius 2 is 2.18 bits per heavy atom. The number of hydrogen-bond donors (Lipinski definition) is 1. The van der Waals surface area contributed by atoms with Crippen molar-refractivity contribution in [3.05, 3.63) is 28.2 Å². The van der Waals surface area contributed by atoms with E-state index in [4.69, 9.17) is 33.7 Å². The Morgan fingerprint density at radius 3 is 2.82 bits per heavy atom. The fraction of sp³-hybridized carbons (Fsp3) is 0.533. The van der Waals surface area contributed by atoms with Crippen molar-refractivity contribution in [3.8, 4) is 5.75 Å². The first-order valence-electron chi connectivity index (χ1n) is 7.09. The molecule has 1 aromatic carbocycles. The molecule has 0 spiro atoms. The second-order valence-corrected chi connectivity index (χ2v) is 6.17. The first-order chi connectivity index (χ1) is 10.0. The predicted molar refractivity (Wildman–Crippen MR) is 92.2 cm³/mol. The lowest BCUT2D eigenvalue weighted by atomic mass is 10.1. The number of hydrogen-bond acceptors (Lipinski definition) is 3. The van der Waals surface area contributed by atoms with Crippen molar-refractivity contribution >= 4 is 41.5 Å². The lowest BCUT2D eigenvalue weighted by molar-refractivity contribution is -0.132. The van der Waals surface area contributed by atoms with Gasteiger partial charge in [-0.1, -0.05) is 29.3 Å². The van der Waals surface area contributed by atoms with Gasteiger partial charge in [0.2, 0.25) is 5.91 Å². The maximum Gasteiger partial charge on any atom is 0.226 e. The Bertz CT molecular complexity index is 514. The van der Waals surface area contributed by atoms with Gasteiger partial charge in [-0.3, -0.25) is 4.79 Å². The van der Waals surface area contributed by atoms with Crippen molar-refractivity contribution in [2.24, 2.45) is 11.7 Å². The van der Waals surface area contributed by atoms with Crippen LogP contribution in [0, 0.1) is 5.92 Å². The van der Waals surface area contributed by atoms with E-state index in [1.165, 1.54) is 0 Å². The quantitative estimate of drug-likeness (QED) is 0.868. The fourth-order valence-electron chi connectivity index (χ4n) is 2.65. The normalized spacial score (nSPS) is 20.6. The molecule has 2 unspecified atom stereocenters. The van der Waals surface area contributed by atoms with Gasteiger partial charge in [0.15, 0.2) is 0 Å². The summed E-state index contributed by atoms with van der Waals surface area (Å²) in [6, 6.07) is 5.45. The summed E-state index contributed by atoms with van der Waals surface area (Å²) in [7, 11) is 0. The molecular formula is C15H21Cl3N2O2. The summed E-state index contributed by atoms with van der Waals surface area (Å²) in [5.74, 6) is 1.01. The summed E-state index contributed by atoms with van der Waals surface area (Å²) in [5.41, 5.74) is 5.68.